The van der Waals surface area contributed by atoms with Crippen LogP contribution < -0.4 is 39.9 Å². The van der Waals surface area contributed by atoms with Gasteiger partial charge >= 0.3 is 0 Å². The first kappa shape index (κ1) is 20.3. The highest BCUT2D eigenvalue weighted by Crippen LogP contribution is 2.67. The minimum absolute atomic E-state index is 0. The van der Waals surface area contributed by atoms with Gasteiger partial charge in [0.15, 0.2) is 4.32 Å². The highest BCUT2D eigenvalue weighted by atomic mass is 127. The normalized spacial score (nSPS) is 15.2. The molecule has 134 valence electrons. The zero-order valence-electron chi connectivity index (χ0n) is 14.5. The van der Waals surface area contributed by atoms with E-state index in [2.05, 4.69) is 115 Å². The molecule has 0 aliphatic carbocycles. The molecule has 0 radical (unpaired) electrons. The van der Waals surface area contributed by atoms with Gasteiger partial charge in [-0.25, -0.2) is 0 Å². The van der Waals surface area contributed by atoms with E-state index in [1.807, 2.05) is 0 Å². The molecule has 0 aromatic heterocycles. The monoisotopic (exact) mass is 508 g/mol. The summed E-state index contributed by atoms with van der Waals surface area (Å²) in [7, 11) is -1.70. The van der Waals surface area contributed by atoms with Gasteiger partial charge in [-0.3, -0.25) is 0 Å². The van der Waals surface area contributed by atoms with E-state index in [4.69, 9.17) is 0 Å². The van der Waals surface area contributed by atoms with Crippen LogP contribution in [0.2, 0.25) is 0 Å². The molecule has 3 aromatic rings. The molecule has 0 nitrogen and oxygen atoms in total. The Bertz CT molecular complexity index is 693. The minimum Gasteiger partial charge on any atom is -1.00 e. The van der Waals surface area contributed by atoms with Gasteiger partial charge in [0.25, 0.3) is 0 Å². The molecule has 0 bridgehead atoms. The van der Waals surface area contributed by atoms with Crippen LogP contribution in [0.25, 0.3) is 0 Å². The number of thioether (sulfide) groups is 2. The first-order valence-electron chi connectivity index (χ1n) is 8.71. The van der Waals surface area contributed by atoms with Crippen LogP contribution in [0.1, 0.15) is 6.42 Å². The number of rotatable bonds is 4. The fourth-order valence-corrected chi connectivity index (χ4v) is 13.8. The summed E-state index contributed by atoms with van der Waals surface area (Å²) in [5.74, 6) is 2.54. The third-order valence-corrected chi connectivity index (χ3v) is 13.8. The predicted molar refractivity (Wildman–Crippen MR) is 118 cm³/mol. The Balaban J connectivity index is 0.00000196. The summed E-state index contributed by atoms with van der Waals surface area (Å²) >= 11 is 4.33. The topological polar surface area (TPSA) is 0 Å². The highest BCUT2D eigenvalue weighted by Gasteiger charge is 2.53. The van der Waals surface area contributed by atoms with Crippen molar-refractivity contribution in [2.75, 3.05) is 11.5 Å². The smallest absolute Gasteiger partial charge is 0.174 e. The highest BCUT2D eigenvalue weighted by molar-refractivity contribution is 8.30. The SMILES string of the molecule is [I-].c1ccc([P+](c2ccccc2)(c2ccccc2)C2SCCCS2)cc1. The van der Waals surface area contributed by atoms with Crippen LogP contribution >= 0.6 is 30.8 Å². The van der Waals surface area contributed by atoms with Crippen molar-refractivity contribution in [2.24, 2.45) is 0 Å². The fourth-order valence-electron chi connectivity index (χ4n) is 3.50. The summed E-state index contributed by atoms with van der Waals surface area (Å²) < 4.78 is 0.591. The lowest BCUT2D eigenvalue weighted by molar-refractivity contribution is -0.00000470. The zero-order chi connectivity index (χ0) is 17.0. The number of halogens is 1. The Morgan fingerprint density at radius 2 is 0.923 bits per heavy atom. The van der Waals surface area contributed by atoms with Gasteiger partial charge < -0.3 is 24.0 Å². The Hall–Kier alpha value is -0.480. The molecule has 4 rings (SSSR count). The van der Waals surface area contributed by atoms with Crippen LogP contribution in [0.15, 0.2) is 91.0 Å². The Morgan fingerprint density at radius 3 is 1.27 bits per heavy atom. The van der Waals surface area contributed by atoms with Crippen molar-refractivity contribution in [1.29, 1.82) is 0 Å². The minimum atomic E-state index is -1.70. The summed E-state index contributed by atoms with van der Waals surface area (Å²) in [6, 6.07) is 33.7. The average molecular weight is 508 g/mol. The standard InChI is InChI=1S/C22H22PS2.HI/c1-4-11-19(12-5-1)23(20-13-6-2-7-14-20,21-15-8-3-9-16-21)22-24-17-10-18-25-22;/h1-9,11-16,22H,10,17-18H2;1H/q+1;/p-1. The van der Waals surface area contributed by atoms with Crippen molar-refractivity contribution in [3.8, 4) is 0 Å². The quantitative estimate of drug-likeness (QED) is 0.392. The summed E-state index contributed by atoms with van der Waals surface area (Å²) in [6.07, 6.45) is 1.32. The van der Waals surface area contributed by atoms with Crippen LogP contribution in [0, 0.1) is 0 Å². The van der Waals surface area contributed by atoms with E-state index in [0.29, 0.717) is 4.32 Å². The molecule has 3 aromatic carbocycles. The van der Waals surface area contributed by atoms with Gasteiger partial charge in [0.05, 0.1) is 0 Å². The molecule has 4 heteroatoms. The van der Waals surface area contributed by atoms with Crippen molar-refractivity contribution in [1.82, 2.24) is 0 Å². The van der Waals surface area contributed by atoms with E-state index < -0.39 is 7.26 Å². The third-order valence-electron chi connectivity index (χ3n) is 4.62. The fraction of sp³-hybridized carbons (Fsp3) is 0.182. The van der Waals surface area contributed by atoms with E-state index >= 15 is 0 Å². The molecule has 0 spiro atoms. The Labute approximate surface area is 182 Å². The van der Waals surface area contributed by atoms with E-state index in [0.717, 1.165) is 0 Å². The van der Waals surface area contributed by atoms with Crippen LogP contribution in [0.4, 0.5) is 0 Å². The van der Waals surface area contributed by atoms with E-state index in [9.17, 15) is 0 Å². The average Bonchev–Trinajstić information content (AvgIpc) is 2.72. The Kier molecular flexibility index (Phi) is 7.51. The predicted octanol–water partition coefficient (Wildman–Crippen LogP) is 2.14. The Morgan fingerprint density at radius 1 is 0.577 bits per heavy atom. The molecule has 0 saturated carbocycles. The molecule has 1 saturated heterocycles. The van der Waals surface area contributed by atoms with E-state index in [1.54, 1.807) is 0 Å². The number of hydrogen-bond donors (Lipinski definition) is 0. The maximum atomic E-state index is 2.35. The number of benzene rings is 3. The molecule has 26 heavy (non-hydrogen) atoms. The van der Waals surface area contributed by atoms with Gasteiger partial charge in [0, 0.05) is 0 Å². The lowest BCUT2D eigenvalue weighted by Crippen LogP contribution is -3.00. The first-order chi connectivity index (χ1) is 12.4. The van der Waals surface area contributed by atoms with Gasteiger partial charge in [0.1, 0.15) is 23.2 Å². The summed E-state index contributed by atoms with van der Waals surface area (Å²) in [5, 5.41) is 4.50. The van der Waals surface area contributed by atoms with Crippen LogP contribution in [-0.2, 0) is 0 Å². The molecule has 1 fully saturated rings. The van der Waals surface area contributed by atoms with Gasteiger partial charge in [-0.05, 0) is 54.3 Å². The van der Waals surface area contributed by atoms with Crippen LogP contribution in [0.3, 0.4) is 0 Å². The third kappa shape index (κ3) is 3.87. The van der Waals surface area contributed by atoms with Crippen LogP contribution in [-0.4, -0.2) is 15.8 Å². The van der Waals surface area contributed by atoms with Gasteiger partial charge in [0.2, 0.25) is 0 Å². The molecule has 0 unspecified atom stereocenters. The molecular weight excluding hydrogens is 486 g/mol. The summed E-state index contributed by atoms with van der Waals surface area (Å²) in [6.45, 7) is 0. The molecule has 1 aliphatic heterocycles. The molecule has 1 aliphatic rings. The van der Waals surface area contributed by atoms with Gasteiger partial charge in [-0.15, -0.1) is 23.5 Å². The molecule has 0 atom stereocenters. The van der Waals surface area contributed by atoms with Crippen molar-refractivity contribution >= 4 is 46.7 Å². The van der Waals surface area contributed by atoms with Gasteiger partial charge in [-0.2, -0.15) is 0 Å². The first-order valence-corrected chi connectivity index (χ1v) is 12.7. The van der Waals surface area contributed by atoms with E-state index in [-0.39, 0.29) is 24.0 Å². The molecule has 0 amide bonds. The molecular formula is C22H22IPS2. The molecule has 1 heterocycles. The zero-order valence-corrected chi connectivity index (χ0v) is 19.2. The second-order valence-electron chi connectivity index (χ2n) is 6.13. The largest absolute Gasteiger partial charge is 1.00 e. The van der Waals surface area contributed by atoms with Crippen molar-refractivity contribution in [2.45, 2.75) is 10.7 Å². The second-order valence-corrected chi connectivity index (χ2v) is 13.1. The lowest BCUT2D eigenvalue weighted by Gasteiger charge is -2.35. The van der Waals surface area contributed by atoms with Crippen LogP contribution in [0.5, 0.6) is 0 Å². The van der Waals surface area contributed by atoms with Crippen molar-refractivity contribution < 1.29 is 24.0 Å². The second kappa shape index (κ2) is 9.64. The maximum absolute atomic E-state index is 2.35. The van der Waals surface area contributed by atoms with E-state index in [1.165, 1.54) is 33.8 Å². The summed E-state index contributed by atoms with van der Waals surface area (Å²) in [4.78, 5) is 0. The van der Waals surface area contributed by atoms with Gasteiger partial charge in [-0.1, -0.05) is 54.6 Å². The molecule has 0 N–H and O–H groups in total. The van der Waals surface area contributed by atoms with Crippen molar-refractivity contribution in [3.05, 3.63) is 91.0 Å². The lowest BCUT2D eigenvalue weighted by atomic mass is 10.4. The summed E-state index contributed by atoms with van der Waals surface area (Å²) in [5.41, 5.74) is 0. The maximum Gasteiger partial charge on any atom is 0.174 e. The number of hydrogen-bond acceptors (Lipinski definition) is 2. The van der Waals surface area contributed by atoms with Crippen molar-refractivity contribution in [3.63, 3.8) is 0 Å².